The highest BCUT2D eigenvalue weighted by Crippen LogP contribution is 2.23. The molecule has 0 atom stereocenters. The van der Waals surface area contributed by atoms with Crippen LogP contribution in [-0.4, -0.2) is 31.4 Å². The Bertz CT molecular complexity index is 1110. The molecule has 0 fully saturated rings. The average Bonchev–Trinajstić information content (AvgIpc) is 2.98. The zero-order valence-electron chi connectivity index (χ0n) is 13.1. The molecule has 0 saturated heterocycles. The Morgan fingerprint density at radius 3 is 2.88 bits per heavy atom. The monoisotopic (exact) mass is 322 g/mol. The molecule has 1 N–H and O–H groups in total. The first-order valence-corrected chi connectivity index (χ1v) is 7.31. The summed E-state index contributed by atoms with van der Waals surface area (Å²) in [5, 5.41) is 4.72. The van der Waals surface area contributed by atoms with Crippen LogP contribution in [0.25, 0.3) is 16.7 Å². The number of hydrogen-bond donors (Lipinski definition) is 1. The lowest BCUT2D eigenvalue weighted by molar-refractivity contribution is 0.416. The maximum absolute atomic E-state index is 12.7. The lowest BCUT2D eigenvalue weighted by Crippen LogP contribution is -2.26. The summed E-state index contributed by atoms with van der Waals surface area (Å²) in [6, 6.07) is 9.17. The van der Waals surface area contributed by atoms with Crippen LogP contribution in [0.4, 0.5) is 5.69 Å². The molecule has 3 aromatic heterocycles. The summed E-state index contributed by atoms with van der Waals surface area (Å²) in [7, 11) is 1.58. The van der Waals surface area contributed by atoms with Crippen molar-refractivity contribution in [3.63, 3.8) is 0 Å². The van der Waals surface area contributed by atoms with E-state index in [1.807, 2.05) is 24.3 Å². The molecule has 8 heteroatoms. The second-order valence-electron chi connectivity index (χ2n) is 5.23. The third kappa shape index (κ3) is 2.16. The summed E-state index contributed by atoms with van der Waals surface area (Å²) in [5.74, 6) is 1.71. The number of methoxy groups -OCH3 is 1. The van der Waals surface area contributed by atoms with Crippen LogP contribution in [-0.2, 0) is 0 Å². The number of benzene rings is 1. The molecule has 1 aromatic carbocycles. The number of aromatic nitrogens is 5. The standard InChI is InChI=1S/C16H14N6O2/c1-10-18-16-17-9-11-13(22(16)19-10)7-8-21(15(11)23)20-12-5-3-4-6-14(12)24-2/h3-9,20H,1-2H3. The lowest BCUT2D eigenvalue weighted by atomic mass is 10.3. The Balaban J connectivity index is 1.87. The molecule has 0 unspecified atom stereocenters. The Kier molecular flexibility index (Phi) is 3.16. The second-order valence-corrected chi connectivity index (χ2v) is 5.23. The van der Waals surface area contributed by atoms with E-state index >= 15 is 0 Å². The summed E-state index contributed by atoms with van der Waals surface area (Å²) < 4.78 is 8.25. The smallest absolute Gasteiger partial charge is 0.280 e. The fourth-order valence-electron chi connectivity index (χ4n) is 2.57. The van der Waals surface area contributed by atoms with Crippen LogP contribution in [0.2, 0.25) is 0 Å². The van der Waals surface area contributed by atoms with Crippen LogP contribution in [0.3, 0.4) is 0 Å². The first-order valence-electron chi connectivity index (χ1n) is 7.31. The van der Waals surface area contributed by atoms with Gasteiger partial charge >= 0.3 is 0 Å². The van der Waals surface area contributed by atoms with E-state index in [0.29, 0.717) is 33.9 Å². The van der Waals surface area contributed by atoms with Gasteiger partial charge in [-0.3, -0.25) is 10.2 Å². The first-order chi connectivity index (χ1) is 11.7. The summed E-state index contributed by atoms with van der Waals surface area (Å²) in [6.07, 6.45) is 3.16. The number of fused-ring (bicyclic) bond motifs is 3. The van der Waals surface area contributed by atoms with Crippen molar-refractivity contribution in [2.45, 2.75) is 6.92 Å². The number of pyridine rings is 1. The van der Waals surface area contributed by atoms with Gasteiger partial charge in [0.25, 0.3) is 11.3 Å². The number of aryl methyl sites for hydroxylation is 1. The van der Waals surface area contributed by atoms with Crippen molar-refractivity contribution in [2.24, 2.45) is 0 Å². The molecule has 4 aromatic rings. The molecule has 3 heterocycles. The highest BCUT2D eigenvalue weighted by molar-refractivity contribution is 5.78. The van der Waals surface area contributed by atoms with Gasteiger partial charge in [0.05, 0.1) is 23.7 Å². The summed E-state index contributed by atoms with van der Waals surface area (Å²) in [6.45, 7) is 1.78. The van der Waals surface area contributed by atoms with E-state index in [9.17, 15) is 4.79 Å². The molecule has 0 aliphatic heterocycles. The van der Waals surface area contributed by atoms with Gasteiger partial charge in [0, 0.05) is 12.4 Å². The van der Waals surface area contributed by atoms with Gasteiger partial charge in [0.15, 0.2) is 0 Å². The van der Waals surface area contributed by atoms with E-state index < -0.39 is 0 Å². The predicted molar refractivity (Wildman–Crippen MR) is 89.3 cm³/mol. The van der Waals surface area contributed by atoms with Gasteiger partial charge in [0.1, 0.15) is 11.6 Å². The average molecular weight is 322 g/mol. The van der Waals surface area contributed by atoms with Crippen LogP contribution in [0.5, 0.6) is 5.75 Å². The van der Waals surface area contributed by atoms with Crippen molar-refractivity contribution in [1.29, 1.82) is 0 Å². The second kappa shape index (κ2) is 5.34. The molecule has 120 valence electrons. The minimum Gasteiger partial charge on any atom is -0.495 e. The molecule has 4 rings (SSSR count). The third-order valence-electron chi connectivity index (χ3n) is 3.69. The Morgan fingerprint density at radius 2 is 2.04 bits per heavy atom. The maximum Gasteiger partial charge on any atom is 0.280 e. The zero-order chi connectivity index (χ0) is 16.7. The van der Waals surface area contributed by atoms with Crippen molar-refractivity contribution in [3.05, 3.63) is 58.9 Å². The number of anilines is 1. The quantitative estimate of drug-likeness (QED) is 0.617. The number of ether oxygens (including phenoxy) is 1. The molecule has 0 aliphatic carbocycles. The highest BCUT2D eigenvalue weighted by atomic mass is 16.5. The number of rotatable bonds is 3. The van der Waals surface area contributed by atoms with Gasteiger partial charge in [-0.15, -0.1) is 5.10 Å². The minimum absolute atomic E-state index is 0.235. The molecule has 0 amide bonds. The van der Waals surface area contributed by atoms with Crippen LogP contribution >= 0.6 is 0 Å². The van der Waals surface area contributed by atoms with Gasteiger partial charge in [-0.1, -0.05) is 12.1 Å². The Morgan fingerprint density at radius 1 is 1.21 bits per heavy atom. The van der Waals surface area contributed by atoms with Crippen molar-refractivity contribution < 1.29 is 4.74 Å². The highest BCUT2D eigenvalue weighted by Gasteiger charge is 2.10. The summed E-state index contributed by atoms with van der Waals surface area (Å²) >= 11 is 0. The van der Waals surface area contributed by atoms with Crippen molar-refractivity contribution in [2.75, 3.05) is 12.5 Å². The van der Waals surface area contributed by atoms with Gasteiger partial charge in [-0.25, -0.2) is 9.66 Å². The largest absolute Gasteiger partial charge is 0.495 e. The molecular weight excluding hydrogens is 308 g/mol. The molecule has 0 aliphatic rings. The third-order valence-corrected chi connectivity index (χ3v) is 3.69. The SMILES string of the molecule is COc1ccccc1Nn1ccc2c(cnc3nc(C)nn32)c1=O. The van der Waals surface area contributed by atoms with E-state index in [0.717, 1.165) is 0 Å². The number of nitrogens with zero attached hydrogens (tertiary/aromatic N) is 5. The van der Waals surface area contributed by atoms with Crippen LogP contribution in [0.15, 0.2) is 47.5 Å². The van der Waals surface area contributed by atoms with Crippen molar-refractivity contribution in [1.82, 2.24) is 24.3 Å². The molecule has 0 spiro atoms. The van der Waals surface area contributed by atoms with E-state index in [1.54, 1.807) is 30.8 Å². The molecule has 8 nitrogen and oxygen atoms in total. The number of hydrogen-bond acceptors (Lipinski definition) is 6. The number of nitrogens with one attached hydrogen (secondary N) is 1. The normalized spacial score (nSPS) is 11.1. The van der Waals surface area contributed by atoms with E-state index in [-0.39, 0.29) is 5.56 Å². The molecule has 0 radical (unpaired) electrons. The van der Waals surface area contributed by atoms with Crippen LogP contribution in [0, 0.1) is 6.92 Å². The topological polar surface area (TPSA) is 86.3 Å². The van der Waals surface area contributed by atoms with Gasteiger partial charge in [-0.05, 0) is 25.1 Å². The lowest BCUT2D eigenvalue weighted by Gasteiger charge is -2.13. The minimum atomic E-state index is -0.235. The van der Waals surface area contributed by atoms with Crippen LogP contribution in [0.1, 0.15) is 5.82 Å². The summed E-state index contributed by atoms with van der Waals surface area (Å²) in [5.41, 5.74) is 4.15. The molecular formula is C16H14N6O2. The molecule has 0 bridgehead atoms. The Labute approximate surface area is 136 Å². The van der Waals surface area contributed by atoms with Gasteiger partial charge in [-0.2, -0.15) is 9.50 Å². The van der Waals surface area contributed by atoms with Crippen molar-refractivity contribution >= 4 is 22.4 Å². The van der Waals surface area contributed by atoms with E-state index in [4.69, 9.17) is 4.74 Å². The first kappa shape index (κ1) is 14.2. The fraction of sp³-hybridized carbons (Fsp3) is 0.125. The predicted octanol–water partition coefficient (Wildman–Crippen LogP) is 1.63. The van der Waals surface area contributed by atoms with Crippen LogP contribution < -0.4 is 15.7 Å². The van der Waals surface area contributed by atoms with E-state index in [1.165, 1.54) is 10.9 Å². The van der Waals surface area contributed by atoms with Crippen molar-refractivity contribution in [3.8, 4) is 5.75 Å². The fourth-order valence-corrected chi connectivity index (χ4v) is 2.57. The molecule has 24 heavy (non-hydrogen) atoms. The van der Waals surface area contributed by atoms with Gasteiger partial charge in [0.2, 0.25) is 0 Å². The maximum atomic E-state index is 12.7. The number of para-hydroxylation sites is 2. The van der Waals surface area contributed by atoms with Gasteiger partial charge < -0.3 is 4.74 Å². The van der Waals surface area contributed by atoms with E-state index in [2.05, 4.69) is 20.5 Å². The zero-order valence-corrected chi connectivity index (χ0v) is 13.1. The molecule has 0 saturated carbocycles. The Hall–Kier alpha value is -3.42. The summed E-state index contributed by atoms with van der Waals surface area (Å²) in [4.78, 5) is 21.1.